The minimum absolute atomic E-state index is 0.0855. The van der Waals surface area contributed by atoms with Gasteiger partial charge >= 0.3 is 0 Å². The highest BCUT2D eigenvalue weighted by molar-refractivity contribution is 6.06. The molecule has 2 heterocycles. The number of anilines is 1. The van der Waals surface area contributed by atoms with Crippen LogP contribution in [0.1, 0.15) is 22.8 Å². The molecule has 2 aromatic heterocycles. The van der Waals surface area contributed by atoms with E-state index in [4.69, 9.17) is 4.74 Å². The zero-order valence-electron chi connectivity index (χ0n) is 19.9. The number of methoxy groups -OCH3 is 1. The fraction of sp³-hybridized carbons (Fsp3) is 0.143. The number of Topliss-reactive ketones (excluding diaryl/α,β-unsaturated/α-hetero) is 1. The smallest absolute Gasteiger partial charge is 0.278 e. The van der Waals surface area contributed by atoms with Crippen LogP contribution in [0.3, 0.4) is 0 Å². The van der Waals surface area contributed by atoms with Crippen LogP contribution in [-0.2, 0) is 17.9 Å². The third kappa shape index (κ3) is 4.36. The molecular weight excluding hydrogens is 456 g/mol. The maximum absolute atomic E-state index is 13.6. The third-order valence-electron chi connectivity index (χ3n) is 6.10. The number of fused-ring (bicyclic) bond motifs is 3. The molecule has 0 aliphatic rings. The molecule has 0 aliphatic carbocycles. The quantitative estimate of drug-likeness (QED) is 0.352. The summed E-state index contributed by atoms with van der Waals surface area (Å²) in [5.41, 5.74) is 3.36. The lowest BCUT2D eigenvalue weighted by molar-refractivity contribution is -0.116. The number of rotatable bonds is 7. The van der Waals surface area contributed by atoms with Gasteiger partial charge in [0.25, 0.3) is 5.56 Å². The Morgan fingerprint density at radius 3 is 2.53 bits per heavy atom. The van der Waals surface area contributed by atoms with Gasteiger partial charge in [-0.05, 0) is 42.8 Å². The molecule has 0 aliphatic heterocycles. The first-order valence-corrected chi connectivity index (χ1v) is 11.4. The zero-order valence-corrected chi connectivity index (χ0v) is 19.9. The van der Waals surface area contributed by atoms with E-state index in [1.807, 2.05) is 48.5 Å². The maximum atomic E-state index is 13.6. The van der Waals surface area contributed by atoms with E-state index in [-0.39, 0.29) is 23.8 Å². The molecule has 0 saturated heterocycles. The minimum Gasteiger partial charge on any atom is -0.497 e. The van der Waals surface area contributed by atoms with Gasteiger partial charge < -0.3 is 14.6 Å². The van der Waals surface area contributed by atoms with Crippen molar-refractivity contribution in [1.29, 1.82) is 0 Å². The largest absolute Gasteiger partial charge is 0.497 e. The predicted molar refractivity (Wildman–Crippen MR) is 139 cm³/mol. The number of aromatic nitrogens is 3. The van der Waals surface area contributed by atoms with Gasteiger partial charge in [-0.2, -0.15) is 0 Å². The van der Waals surface area contributed by atoms with Crippen LogP contribution in [0, 0.1) is 0 Å². The number of nitrogens with one attached hydrogen (secondary N) is 1. The molecule has 180 valence electrons. The lowest BCUT2D eigenvalue weighted by Gasteiger charge is -2.10. The minimum atomic E-state index is -0.316. The van der Waals surface area contributed by atoms with Crippen molar-refractivity contribution in [2.24, 2.45) is 0 Å². The standard InChI is InChI=1S/C28H24N4O4/c1-18(33)20-6-5-7-21(14-20)30-25(34)16-32-24-9-4-3-8-23(24)26-27(32)28(35)31(17-29-26)15-19-10-12-22(36-2)13-11-19/h3-14,17H,15-16H2,1-2H3,(H,30,34). The van der Waals surface area contributed by atoms with E-state index in [2.05, 4.69) is 10.3 Å². The Hall–Kier alpha value is -4.72. The lowest BCUT2D eigenvalue weighted by atomic mass is 10.1. The molecule has 5 aromatic rings. The summed E-state index contributed by atoms with van der Waals surface area (Å²) in [6.45, 7) is 1.72. The van der Waals surface area contributed by atoms with Gasteiger partial charge in [0.15, 0.2) is 5.78 Å². The van der Waals surface area contributed by atoms with Crippen molar-refractivity contribution >= 4 is 39.3 Å². The number of carbonyl (C=O) groups excluding carboxylic acids is 2. The van der Waals surface area contributed by atoms with Gasteiger partial charge in [0, 0.05) is 16.6 Å². The van der Waals surface area contributed by atoms with Crippen LogP contribution in [-0.4, -0.2) is 32.9 Å². The summed E-state index contributed by atoms with van der Waals surface area (Å²) in [5.74, 6) is 0.333. The summed E-state index contributed by atoms with van der Waals surface area (Å²) in [5, 5.41) is 3.64. The zero-order chi connectivity index (χ0) is 25.2. The van der Waals surface area contributed by atoms with E-state index >= 15 is 0 Å². The first kappa shape index (κ1) is 23.0. The van der Waals surface area contributed by atoms with E-state index in [1.54, 1.807) is 42.3 Å². The number of hydrogen-bond acceptors (Lipinski definition) is 5. The van der Waals surface area contributed by atoms with Crippen LogP contribution in [0.15, 0.2) is 83.9 Å². The summed E-state index contributed by atoms with van der Waals surface area (Å²) in [7, 11) is 1.60. The van der Waals surface area contributed by atoms with Crippen LogP contribution >= 0.6 is 0 Å². The molecule has 1 amide bonds. The van der Waals surface area contributed by atoms with Crippen molar-refractivity contribution < 1.29 is 14.3 Å². The number of ketones is 1. The summed E-state index contributed by atoms with van der Waals surface area (Å²) < 4.78 is 8.45. The molecule has 5 rings (SSSR count). The maximum Gasteiger partial charge on any atom is 0.278 e. The van der Waals surface area contributed by atoms with E-state index in [1.165, 1.54) is 11.5 Å². The average Bonchev–Trinajstić information content (AvgIpc) is 3.20. The highest BCUT2D eigenvalue weighted by atomic mass is 16.5. The SMILES string of the molecule is COc1ccc(Cn2cnc3c4ccccc4n(CC(=O)Nc4cccc(C(C)=O)c4)c3c2=O)cc1. The van der Waals surface area contributed by atoms with Crippen molar-refractivity contribution in [2.45, 2.75) is 20.0 Å². The molecular formula is C28H24N4O4. The van der Waals surface area contributed by atoms with Gasteiger partial charge in [-0.25, -0.2) is 4.98 Å². The van der Waals surface area contributed by atoms with Crippen LogP contribution in [0.4, 0.5) is 5.69 Å². The Bertz CT molecular complexity index is 1670. The molecule has 0 saturated carbocycles. The van der Waals surface area contributed by atoms with Crippen LogP contribution in [0.25, 0.3) is 21.9 Å². The Kier molecular flexibility index (Phi) is 6.08. The summed E-state index contributed by atoms with van der Waals surface area (Å²) >= 11 is 0. The normalized spacial score (nSPS) is 11.1. The molecule has 0 unspecified atom stereocenters. The van der Waals surface area contributed by atoms with Crippen molar-refractivity contribution in [3.8, 4) is 5.75 Å². The molecule has 3 aromatic carbocycles. The second-order valence-corrected chi connectivity index (χ2v) is 8.51. The second-order valence-electron chi connectivity index (χ2n) is 8.51. The van der Waals surface area contributed by atoms with Gasteiger partial charge in [-0.3, -0.25) is 19.0 Å². The van der Waals surface area contributed by atoms with Crippen LogP contribution in [0.5, 0.6) is 5.75 Å². The summed E-state index contributed by atoms with van der Waals surface area (Å²) in [4.78, 5) is 42.9. The fourth-order valence-corrected chi connectivity index (χ4v) is 4.31. The number of para-hydroxylation sites is 1. The van der Waals surface area contributed by atoms with Gasteiger partial charge in [0.1, 0.15) is 23.3 Å². The lowest BCUT2D eigenvalue weighted by Crippen LogP contribution is -2.25. The Morgan fingerprint density at radius 1 is 1.00 bits per heavy atom. The van der Waals surface area contributed by atoms with Crippen LogP contribution in [0.2, 0.25) is 0 Å². The van der Waals surface area contributed by atoms with E-state index in [0.29, 0.717) is 28.8 Å². The fourth-order valence-electron chi connectivity index (χ4n) is 4.31. The van der Waals surface area contributed by atoms with E-state index in [9.17, 15) is 14.4 Å². The molecule has 0 spiro atoms. The van der Waals surface area contributed by atoms with Gasteiger partial charge in [-0.15, -0.1) is 0 Å². The second kappa shape index (κ2) is 9.50. The number of nitrogens with zero attached hydrogens (tertiary/aromatic N) is 3. The number of amides is 1. The topological polar surface area (TPSA) is 95.2 Å². The molecule has 36 heavy (non-hydrogen) atoms. The van der Waals surface area contributed by atoms with Crippen molar-refractivity contribution in [2.75, 3.05) is 12.4 Å². The Morgan fingerprint density at radius 2 is 1.78 bits per heavy atom. The average molecular weight is 481 g/mol. The molecule has 0 bridgehead atoms. The van der Waals surface area contributed by atoms with E-state index < -0.39 is 0 Å². The first-order valence-electron chi connectivity index (χ1n) is 11.4. The Labute approximate surface area is 206 Å². The highest BCUT2D eigenvalue weighted by Crippen LogP contribution is 2.25. The van der Waals surface area contributed by atoms with Crippen molar-refractivity contribution in [1.82, 2.24) is 14.1 Å². The first-order chi connectivity index (χ1) is 17.4. The van der Waals surface area contributed by atoms with Gasteiger partial charge in [-0.1, -0.05) is 42.5 Å². The molecule has 8 nitrogen and oxygen atoms in total. The number of carbonyl (C=O) groups is 2. The Balaban J connectivity index is 1.53. The summed E-state index contributed by atoms with van der Waals surface area (Å²) in [6.07, 6.45) is 1.54. The number of benzene rings is 3. The van der Waals surface area contributed by atoms with Crippen molar-refractivity contribution in [3.63, 3.8) is 0 Å². The molecule has 1 N–H and O–H groups in total. The van der Waals surface area contributed by atoms with Gasteiger partial charge in [0.2, 0.25) is 5.91 Å². The number of ether oxygens (including phenoxy) is 1. The van der Waals surface area contributed by atoms with Crippen molar-refractivity contribution in [3.05, 3.63) is 101 Å². The van der Waals surface area contributed by atoms with Gasteiger partial charge in [0.05, 0.1) is 25.5 Å². The number of hydrogen-bond donors (Lipinski definition) is 1. The summed E-state index contributed by atoms with van der Waals surface area (Å²) in [6, 6.07) is 21.7. The molecule has 0 fully saturated rings. The molecule has 0 atom stereocenters. The predicted octanol–water partition coefficient (Wildman–Crippen LogP) is 4.25. The monoisotopic (exact) mass is 480 g/mol. The molecule has 0 radical (unpaired) electrons. The third-order valence-corrected chi connectivity index (χ3v) is 6.10. The van der Waals surface area contributed by atoms with Crippen LogP contribution < -0.4 is 15.6 Å². The molecule has 8 heteroatoms. The van der Waals surface area contributed by atoms with E-state index in [0.717, 1.165) is 22.2 Å². The highest BCUT2D eigenvalue weighted by Gasteiger charge is 2.18.